The molecule has 1 amide bonds. The van der Waals surface area contributed by atoms with E-state index in [9.17, 15) is 13.2 Å². The fourth-order valence-electron chi connectivity index (χ4n) is 0.854. The van der Waals surface area contributed by atoms with Gasteiger partial charge in [0.15, 0.2) is 9.84 Å². The molecule has 0 bridgehead atoms. The molecule has 0 rings (SSSR count). The van der Waals surface area contributed by atoms with Crippen molar-refractivity contribution < 1.29 is 13.2 Å². The summed E-state index contributed by atoms with van der Waals surface area (Å²) in [6.07, 6.45) is 0.577. The Labute approximate surface area is 84.8 Å². The number of amides is 1. The van der Waals surface area contributed by atoms with Crippen LogP contribution in [0.25, 0.3) is 0 Å². The largest absolute Gasteiger partial charge is 0.368 e. The second kappa shape index (κ2) is 5.31. The third-order valence-electron chi connectivity index (χ3n) is 1.81. The molecule has 84 valence electrons. The lowest BCUT2D eigenvalue weighted by Gasteiger charge is -2.09. The van der Waals surface area contributed by atoms with Crippen LogP contribution >= 0.6 is 0 Å². The highest BCUT2D eigenvalue weighted by molar-refractivity contribution is 7.91. The van der Waals surface area contributed by atoms with Crippen molar-refractivity contribution in [3.05, 3.63) is 0 Å². The van der Waals surface area contributed by atoms with Gasteiger partial charge in [0.25, 0.3) is 0 Å². The molecule has 0 aliphatic carbocycles. The lowest BCUT2D eigenvalue weighted by Crippen LogP contribution is -2.42. The maximum Gasteiger partial charge on any atom is 0.235 e. The molecule has 0 saturated carbocycles. The predicted octanol–water partition coefficient (Wildman–Crippen LogP) is -0.740. The average molecular weight is 222 g/mol. The molecule has 0 aliphatic heterocycles. The molecule has 0 aromatic heterocycles. The number of carbonyl (C=O) groups excluding carboxylic acids is 1. The zero-order valence-corrected chi connectivity index (χ0v) is 9.38. The van der Waals surface area contributed by atoms with Crippen molar-refractivity contribution in [1.82, 2.24) is 0 Å². The summed E-state index contributed by atoms with van der Waals surface area (Å²) in [6, 6.07) is -1.09. The van der Waals surface area contributed by atoms with Crippen LogP contribution in [0, 0.1) is 5.92 Å². The van der Waals surface area contributed by atoms with Gasteiger partial charge >= 0.3 is 0 Å². The Bertz CT molecular complexity index is 285. The van der Waals surface area contributed by atoms with Crippen LogP contribution in [0.2, 0.25) is 0 Å². The van der Waals surface area contributed by atoms with Gasteiger partial charge in [-0.3, -0.25) is 4.79 Å². The van der Waals surface area contributed by atoms with Gasteiger partial charge in [0.2, 0.25) is 5.91 Å². The third kappa shape index (κ3) is 5.93. The maximum atomic E-state index is 11.4. The van der Waals surface area contributed by atoms with E-state index < -0.39 is 21.8 Å². The zero-order valence-electron chi connectivity index (χ0n) is 8.56. The van der Waals surface area contributed by atoms with Crippen molar-refractivity contribution in [1.29, 1.82) is 0 Å². The second-order valence-corrected chi connectivity index (χ2v) is 6.03. The van der Waals surface area contributed by atoms with Crippen molar-refractivity contribution in [2.24, 2.45) is 17.4 Å². The molecule has 0 fully saturated rings. The van der Waals surface area contributed by atoms with Gasteiger partial charge in [0, 0.05) is 0 Å². The molecule has 0 aromatic carbocycles. The number of carbonyl (C=O) groups is 1. The summed E-state index contributed by atoms with van der Waals surface area (Å²) >= 11 is 0. The summed E-state index contributed by atoms with van der Waals surface area (Å²) in [6.45, 7) is 3.87. The van der Waals surface area contributed by atoms with Crippen LogP contribution in [0.15, 0.2) is 0 Å². The van der Waals surface area contributed by atoms with Gasteiger partial charge in [-0.1, -0.05) is 13.8 Å². The van der Waals surface area contributed by atoms with E-state index in [-0.39, 0.29) is 11.5 Å². The molecule has 0 aliphatic rings. The lowest BCUT2D eigenvalue weighted by molar-refractivity contribution is -0.118. The highest BCUT2D eigenvalue weighted by Gasteiger charge is 2.19. The molecule has 0 heterocycles. The van der Waals surface area contributed by atoms with Gasteiger partial charge in [-0.25, -0.2) is 8.42 Å². The molecule has 1 unspecified atom stereocenters. The number of nitrogens with two attached hydrogens (primary N) is 2. The summed E-state index contributed by atoms with van der Waals surface area (Å²) in [5, 5.41) is 0. The van der Waals surface area contributed by atoms with E-state index in [0.717, 1.165) is 0 Å². The predicted molar refractivity (Wildman–Crippen MR) is 55.3 cm³/mol. The van der Waals surface area contributed by atoms with Crippen LogP contribution < -0.4 is 11.5 Å². The fraction of sp³-hybridized carbons (Fsp3) is 0.875. The first-order chi connectivity index (χ1) is 6.24. The molecular formula is C8H18N2O3S. The van der Waals surface area contributed by atoms with Crippen molar-refractivity contribution in [3.63, 3.8) is 0 Å². The minimum absolute atomic E-state index is 0.0612. The Morgan fingerprint density at radius 1 is 1.36 bits per heavy atom. The Kier molecular flexibility index (Phi) is 5.07. The van der Waals surface area contributed by atoms with Gasteiger partial charge < -0.3 is 11.5 Å². The van der Waals surface area contributed by atoms with Crippen LogP contribution in [0.3, 0.4) is 0 Å². The molecule has 0 spiro atoms. The summed E-state index contributed by atoms with van der Waals surface area (Å²) in [7, 11) is -3.25. The number of sulfone groups is 1. The first-order valence-corrected chi connectivity index (χ1v) is 6.32. The van der Waals surface area contributed by atoms with Gasteiger partial charge in [0.05, 0.1) is 17.5 Å². The van der Waals surface area contributed by atoms with Crippen LogP contribution in [0.4, 0.5) is 0 Å². The average Bonchev–Trinajstić information content (AvgIpc) is 2.00. The lowest BCUT2D eigenvalue weighted by atomic mass is 10.2. The van der Waals surface area contributed by atoms with Gasteiger partial charge in [-0.15, -0.1) is 0 Å². The Hall–Kier alpha value is -0.620. The van der Waals surface area contributed by atoms with Crippen LogP contribution in [0.1, 0.15) is 20.3 Å². The molecule has 5 nitrogen and oxygen atoms in total. The zero-order chi connectivity index (χ0) is 11.4. The normalized spacial score (nSPS) is 14.3. The SMILES string of the molecule is CC(C)CCS(=O)(=O)CC(N)C(N)=O. The van der Waals surface area contributed by atoms with E-state index in [1.54, 1.807) is 0 Å². The van der Waals surface area contributed by atoms with Crippen LogP contribution in [0.5, 0.6) is 0 Å². The van der Waals surface area contributed by atoms with Crippen molar-refractivity contribution in [2.45, 2.75) is 26.3 Å². The molecule has 4 N–H and O–H groups in total. The summed E-state index contributed by atoms with van der Waals surface area (Å²) in [4.78, 5) is 10.5. The number of primary amides is 1. The standard InChI is InChI=1S/C8H18N2O3S/c1-6(2)3-4-14(12,13)5-7(9)8(10)11/h6-7H,3-5,9H2,1-2H3,(H2,10,11). The van der Waals surface area contributed by atoms with E-state index in [1.165, 1.54) is 0 Å². The maximum absolute atomic E-state index is 11.4. The van der Waals surface area contributed by atoms with Crippen LogP contribution in [-0.4, -0.2) is 31.9 Å². The van der Waals surface area contributed by atoms with E-state index in [0.29, 0.717) is 12.3 Å². The Morgan fingerprint density at radius 3 is 2.21 bits per heavy atom. The molecule has 14 heavy (non-hydrogen) atoms. The quantitative estimate of drug-likeness (QED) is 0.617. The highest BCUT2D eigenvalue weighted by Crippen LogP contribution is 2.04. The number of hydrogen-bond acceptors (Lipinski definition) is 4. The van der Waals surface area contributed by atoms with Crippen molar-refractivity contribution >= 4 is 15.7 Å². The summed E-state index contributed by atoms with van der Waals surface area (Å²) in [5.74, 6) is -0.756. The summed E-state index contributed by atoms with van der Waals surface area (Å²) in [5.41, 5.74) is 10.1. The monoisotopic (exact) mass is 222 g/mol. The van der Waals surface area contributed by atoms with E-state index >= 15 is 0 Å². The Balaban J connectivity index is 4.15. The fourth-order valence-corrected chi connectivity index (χ4v) is 2.56. The molecule has 6 heteroatoms. The molecule has 1 atom stereocenters. The van der Waals surface area contributed by atoms with Gasteiger partial charge in [-0.05, 0) is 12.3 Å². The molecule has 0 aromatic rings. The summed E-state index contributed by atoms with van der Waals surface area (Å²) < 4.78 is 22.7. The smallest absolute Gasteiger partial charge is 0.235 e. The first kappa shape index (κ1) is 13.4. The minimum atomic E-state index is -3.25. The molecule has 0 saturated heterocycles. The first-order valence-electron chi connectivity index (χ1n) is 4.50. The topological polar surface area (TPSA) is 103 Å². The highest BCUT2D eigenvalue weighted by atomic mass is 32.2. The van der Waals surface area contributed by atoms with Gasteiger partial charge in [-0.2, -0.15) is 0 Å². The minimum Gasteiger partial charge on any atom is -0.368 e. The van der Waals surface area contributed by atoms with Gasteiger partial charge in [0.1, 0.15) is 0 Å². The van der Waals surface area contributed by atoms with E-state index in [1.807, 2.05) is 13.8 Å². The van der Waals surface area contributed by atoms with Crippen molar-refractivity contribution in [2.75, 3.05) is 11.5 Å². The second-order valence-electron chi connectivity index (χ2n) is 3.81. The molecule has 0 radical (unpaired) electrons. The number of rotatable bonds is 6. The van der Waals surface area contributed by atoms with E-state index in [4.69, 9.17) is 11.5 Å². The molecular weight excluding hydrogens is 204 g/mol. The Morgan fingerprint density at radius 2 is 1.86 bits per heavy atom. The number of hydrogen-bond donors (Lipinski definition) is 2. The third-order valence-corrected chi connectivity index (χ3v) is 3.53. The van der Waals surface area contributed by atoms with Crippen LogP contribution in [-0.2, 0) is 14.6 Å². The van der Waals surface area contributed by atoms with Crippen molar-refractivity contribution in [3.8, 4) is 0 Å². The van der Waals surface area contributed by atoms with E-state index in [2.05, 4.69) is 0 Å².